The fraction of sp³-hybridized carbons (Fsp3) is 0.0909. The number of urea groups is 1. The summed E-state index contributed by atoms with van der Waals surface area (Å²) in [5.41, 5.74) is 6.47. The summed E-state index contributed by atoms with van der Waals surface area (Å²) in [6, 6.07) is 22.0. The van der Waals surface area contributed by atoms with Crippen LogP contribution in [0.3, 0.4) is 0 Å². The predicted molar refractivity (Wildman–Crippen MR) is 113 cm³/mol. The Balaban J connectivity index is 1.64. The second-order valence-corrected chi connectivity index (χ2v) is 6.68. The molecule has 3 aromatic rings. The van der Waals surface area contributed by atoms with Gasteiger partial charge in [0.2, 0.25) is 5.91 Å². The fourth-order valence-electron chi connectivity index (χ4n) is 2.80. The molecule has 0 fully saturated rings. The molecule has 0 saturated heterocycles. The maximum absolute atomic E-state index is 12.5. The van der Waals surface area contributed by atoms with Crippen LogP contribution in [-0.4, -0.2) is 11.9 Å². The van der Waals surface area contributed by atoms with Gasteiger partial charge in [-0.3, -0.25) is 4.79 Å². The number of primary amides is 1. The van der Waals surface area contributed by atoms with E-state index >= 15 is 0 Å². The average molecular weight is 410 g/mol. The number of nitrogens with one attached hydrogen (secondary N) is 2. The minimum atomic E-state index is -0.731. The molecule has 4 N–H and O–H groups in total. The molecule has 29 heavy (non-hydrogen) atoms. The molecule has 1 unspecified atom stereocenters. The minimum absolute atomic E-state index is 0.0189. The lowest BCUT2D eigenvalue weighted by molar-refractivity contribution is -0.116. The number of hydrogen-bond acceptors (Lipinski definition) is 3. The average Bonchev–Trinajstić information content (AvgIpc) is 2.70. The van der Waals surface area contributed by atoms with Crippen molar-refractivity contribution in [3.8, 4) is 11.5 Å². The number of amides is 3. The molecule has 3 aromatic carbocycles. The van der Waals surface area contributed by atoms with Crippen molar-refractivity contribution in [1.82, 2.24) is 5.32 Å². The summed E-state index contributed by atoms with van der Waals surface area (Å²) in [7, 11) is 0. The molecule has 0 aliphatic heterocycles. The Morgan fingerprint density at radius 2 is 1.52 bits per heavy atom. The van der Waals surface area contributed by atoms with E-state index in [4.69, 9.17) is 22.1 Å². The molecule has 0 aliphatic rings. The van der Waals surface area contributed by atoms with Crippen molar-refractivity contribution in [3.63, 3.8) is 0 Å². The number of anilines is 1. The first kappa shape index (κ1) is 20.2. The Hall–Kier alpha value is -3.51. The van der Waals surface area contributed by atoms with E-state index in [1.165, 1.54) is 0 Å². The van der Waals surface area contributed by atoms with Gasteiger partial charge in [-0.05, 0) is 48.0 Å². The van der Waals surface area contributed by atoms with Crippen molar-refractivity contribution >= 4 is 29.2 Å². The van der Waals surface area contributed by atoms with E-state index in [0.717, 1.165) is 5.75 Å². The zero-order valence-corrected chi connectivity index (χ0v) is 16.2. The third-order valence-electron chi connectivity index (χ3n) is 4.10. The Morgan fingerprint density at radius 3 is 2.17 bits per heavy atom. The molecule has 0 bridgehead atoms. The highest BCUT2D eigenvalue weighted by Gasteiger charge is 2.19. The summed E-state index contributed by atoms with van der Waals surface area (Å²) in [4.78, 5) is 23.8. The lowest BCUT2D eigenvalue weighted by Crippen LogP contribution is -2.35. The van der Waals surface area contributed by atoms with Crippen LogP contribution in [0.5, 0.6) is 11.5 Å². The first-order chi connectivity index (χ1) is 14.0. The van der Waals surface area contributed by atoms with Gasteiger partial charge in [0.05, 0.1) is 12.5 Å². The van der Waals surface area contributed by atoms with Crippen LogP contribution in [0.25, 0.3) is 0 Å². The smallest absolute Gasteiger partial charge is 0.312 e. The van der Waals surface area contributed by atoms with Gasteiger partial charge >= 0.3 is 6.03 Å². The molecule has 148 valence electrons. The lowest BCUT2D eigenvalue weighted by atomic mass is 10.0. The van der Waals surface area contributed by atoms with E-state index in [-0.39, 0.29) is 12.3 Å². The molecule has 0 radical (unpaired) electrons. The van der Waals surface area contributed by atoms with Crippen LogP contribution in [-0.2, 0) is 4.79 Å². The Morgan fingerprint density at radius 1 is 0.897 bits per heavy atom. The van der Waals surface area contributed by atoms with Gasteiger partial charge in [-0.15, -0.1) is 0 Å². The van der Waals surface area contributed by atoms with Gasteiger partial charge in [0.1, 0.15) is 11.5 Å². The van der Waals surface area contributed by atoms with Crippen molar-refractivity contribution in [3.05, 3.63) is 89.4 Å². The van der Waals surface area contributed by atoms with Gasteiger partial charge in [0.15, 0.2) is 0 Å². The summed E-state index contributed by atoms with van der Waals surface area (Å²) >= 11 is 6.19. The van der Waals surface area contributed by atoms with Crippen LogP contribution in [0, 0.1) is 0 Å². The molecule has 6 nitrogen and oxygen atoms in total. The number of ether oxygens (including phenoxy) is 1. The molecular formula is C22H20ClN3O3. The number of hydrogen-bond donors (Lipinski definition) is 3. The first-order valence-corrected chi connectivity index (χ1v) is 9.32. The lowest BCUT2D eigenvalue weighted by Gasteiger charge is -2.19. The Labute approximate surface area is 173 Å². The maximum atomic E-state index is 12.5. The molecule has 0 aliphatic carbocycles. The number of carbonyl (C=O) groups is 2. The zero-order chi connectivity index (χ0) is 20.6. The summed E-state index contributed by atoms with van der Waals surface area (Å²) in [5.74, 6) is 1.09. The number of benzene rings is 3. The predicted octanol–water partition coefficient (Wildman–Crippen LogP) is 4.87. The highest BCUT2D eigenvalue weighted by molar-refractivity contribution is 6.31. The third kappa shape index (κ3) is 5.99. The van der Waals surface area contributed by atoms with Gasteiger partial charge in [0.25, 0.3) is 0 Å². The zero-order valence-electron chi connectivity index (χ0n) is 15.5. The maximum Gasteiger partial charge on any atom is 0.312 e. The van der Waals surface area contributed by atoms with Crippen molar-refractivity contribution in [2.24, 2.45) is 5.73 Å². The largest absolute Gasteiger partial charge is 0.457 e. The van der Waals surface area contributed by atoms with E-state index in [1.807, 2.05) is 30.3 Å². The van der Waals surface area contributed by atoms with Crippen LogP contribution in [0.2, 0.25) is 5.02 Å². The topological polar surface area (TPSA) is 93.5 Å². The summed E-state index contributed by atoms with van der Waals surface area (Å²) in [5, 5.41) is 5.81. The van der Waals surface area contributed by atoms with E-state index in [2.05, 4.69) is 10.6 Å². The number of para-hydroxylation sites is 1. The normalized spacial score (nSPS) is 11.3. The van der Waals surface area contributed by atoms with Gasteiger partial charge < -0.3 is 21.1 Å². The second-order valence-electron chi connectivity index (χ2n) is 6.27. The minimum Gasteiger partial charge on any atom is -0.457 e. The Kier molecular flexibility index (Phi) is 6.71. The summed E-state index contributed by atoms with van der Waals surface area (Å²) in [6.07, 6.45) is -0.0189. The van der Waals surface area contributed by atoms with E-state index < -0.39 is 12.1 Å². The molecule has 3 rings (SSSR count). The third-order valence-corrected chi connectivity index (χ3v) is 4.45. The summed E-state index contributed by atoms with van der Waals surface area (Å²) < 4.78 is 5.73. The number of rotatable bonds is 7. The molecular weight excluding hydrogens is 390 g/mol. The van der Waals surface area contributed by atoms with Gasteiger partial charge in [0, 0.05) is 10.7 Å². The van der Waals surface area contributed by atoms with Crippen molar-refractivity contribution in [2.75, 3.05) is 5.32 Å². The fourth-order valence-corrected chi connectivity index (χ4v) is 3.06. The highest BCUT2D eigenvalue weighted by Crippen LogP contribution is 2.26. The van der Waals surface area contributed by atoms with Crippen LogP contribution >= 0.6 is 11.6 Å². The molecule has 1 atom stereocenters. The van der Waals surface area contributed by atoms with Crippen LogP contribution in [0.15, 0.2) is 78.9 Å². The van der Waals surface area contributed by atoms with Crippen molar-refractivity contribution in [1.29, 1.82) is 0 Å². The number of carbonyl (C=O) groups excluding carboxylic acids is 2. The molecule has 0 spiro atoms. The Bertz CT molecular complexity index is 978. The SMILES string of the molecule is NC(=O)NC(CC(=O)Nc1ccc(Oc2ccccc2)cc1)c1ccccc1Cl. The monoisotopic (exact) mass is 409 g/mol. The van der Waals surface area contributed by atoms with E-state index in [1.54, 1.807) is 48.5 Å². The molecule has 3 amide bonds. The number of nitrogens with two attached hydrogens (primary N) is 1. The highest BCUT2D eigenvalue weighted by atomic mass is 35.5. The summed E-state index contributed by atoms with van der Waals surface area (Å²) in [6.45, 7) is 0. The molecule has 0 heterocycles. The van der Waals surface area contributed by atoms with Crippen molar-refractivity contribution in [2.45, 2.75) is 12.5 Å². The quantitative estimate of drug-likeness (QED) is 0.519. The molecule has 0 saturated carbocycles. The van der Waals surface area contributed by atoms with Crippen LogP contribution in [0.4, 0.5) is 10.5 Å². The van der Waals surface area contributed by atoms with E-state index in [0.29, 0.717) is 22.0 Å². The molecule has 0 aromatic heterocycles. The number of halogens is 1. The van der Waals surface area contributed by atoms with Gasteiger partial charge in [-0.2, -0.15) is 0 Å². The standard InChI is InChI=1S/C22H20ClN3O3/c23-19-9-5-4-8-18(19)20(26-22(24)28)14-21(27)25-15-10-12-17(13-11-15)29-16-6-2-1-3-7-16/h1-13,20H,14H2,(H,25,27)(H3,24,26,28). The second kappa shape index (κ2) is 9.61. The van der Waals surface area contributed by atoms with Gasteiger partial charge in [-0.25, -0.2) is 4.79 Å². The first-order valence-electron chi connectivity index (χ1n) is 8.94. The van der Waals surface area contributed by atoms with E-state index in [9.17, 15) is 9.59 Å². The van der Waals surface area contributed by atoms with Crippen LogP contribution in [0.1, 0.15) is 18.0 Å². The van der Waals surface area contributed by atoms with Crippen molar-refractivity contribution < 1.29 is 14.3 Å². The molecule has 7 heteroatoms. The van der Waals surface area contributed by atoms with Crippen LogP contribution < -0.4 is 21.1 Å². The van der Waals surface area contributed by atoms with Gasteiger partial charge in [-0.1, -0.05) is 48.0 Å².